The largest absolute Gasteiger partial charge is 0.192 e. The van der Waals surface area contributed by atoms with Gasteiger partial charge in [0.05, 0.1) is 9.06 Å². The Hall–Kier alpha value is -6.18. The SMILES string of the molecule is CCc1cccc(CC)c1-c1c2cc(-c3ccc(/C=c4/ccc(=C(C#N)C#N)s4)s3)sc2c(-c2c(CC)cccc2CC)c2cc(-c3ccc(/C=c4/ccc(=C(C#N)C#N)s4)s3)sc12. The molecule has 0 aliphatic rings. The van der Waals surface area contributed by atoms with Gasteiger partial charge in [-0.3, -0.25) is 0 Å². The number of thiophene rings is 6. The summed E-state index contributed by atoms with van der Waals surface area (Å²) in [4.78, 5) is 7.13. The van der Waals surface area contributed by atoms with E-state index in [4.69, 9.17) is 0 Å². The average Bonchev–Trinajstić information content (AvgIpc) is 4.19. The summed E-state index contributed by atoms with van der Waals surface area (Å²) in [6.45, 7) is 9.07. The van der Waals surface area contributed by atoms with Crippen LogP contribution in [0.4, 0.5) is 0 Å². The number of benzene rings is 3. The van der Waals surface area contributed by atoms with Crippen molar-refractivity contribution < 1.29 is 0 Å². The number of nitriles is 4. The van der Waals surface area contributed by atoms with Crippen molar-refractivity contribution in [3.8, 4) is 66.0 Å². The molecule has 0 fully saturated rings. The van der Waals surface area contributed by atoms with Gasteiger partial charge in [-0.25, -0.2) is 0 Å². The maximum absolute atomic E-state index is 9.43. The van der Waals surface area contributed by atoms with Gasteiger partial charge in [-0.05, 0) is 132 Å². The molecule has 0 radical (unpaired) electrons. The van der Waals surface area contributed by atoms with Gasteiger partial charge in [0.2, 0.25) is 0 Å². The van der Waals surface area contributed by atoms with Gasteiger partial charge in [0, 0.05) is 69.6 Å². The van der Waals surface area contributed by atoms with Crippen molar-refractivity contribution in [1.82, 2.24) is 0 Å². The normalized spacial score (nSPS) is 11.8. The summed E-state index contributed by atoms with van der Waals surface area (Å²) >= 11 is 10.3. The highest BCUT2D eigenvalue weighted by Gasteiger charge is 2.27. The van der Waals surface area contributed by atoms with Gasteiger partial charge in [-0.15, -0.1) is 68.0 Å². The molecule has 9 aromatic rings. The van der Waals surface area contributed by atoms with E-state index in [1.165, 1.54) is 107 Å². The first-order valence-corrected chi connectivity index (χ1v) is 25.9. The van der Waals surface area contributed by atoms with E-state index in [9.17, 15) is 21.0 Å². The average molecular weight is 935 g/mol. The molecule has 0 bridgehead atoms. The van der Waals surface area contributed by atoms with Gasteiger partial charge in [0.1, 0.15) is 35.4 Å². The van der Waals surface area contributed by atoms with Crippen LogP contribution in [0.3, 0.4) is 0 Å². The zero-order chi connectivity index (χ0) is 44.5. The first kappa shape index (κ1) is 43.1. The Balaban J connectivity index is 1.32. The fourth-order valence-corrected chi connectivity index (χ4v) is 14.9. The first-order valence-electron chi connectivity index (χ1n) is 21.0. The third kappa shape index (κ3) is 7.89. The summed E-state index contributed by atoms with van der Waals surface area (Å²) in [5, 5.41) is 40.3. The molecule has 6 heterocycles. The molecular formula is C54H38N4S6. The van der Waals surface area contributed by atoms with Crippen LogP contribution in [0.5, 0.6) is 0 Å². The second kappa shape index (κ2) is 18.5. The van der Waals surface area contributed by atoms with E-state index in [0.29, 0.717) is 9.06 Å². The molecular weight excluding hydrogens is 897 g/mol. The smallest absolute Gasteiger partial charge is 0.146 e. The number of fused-ring (bicyclic) bond motifs is 2. The highest BCUT2D eigenvalue weighted by Crippen LogP contribution is 2.55. The summed E-state index contributed by atoms with van der Waals surface area (Å²) in [7, 11) is 0. The van der Waals surface area contributed by atoms with E-state index < -0.39 is 0 Å². The van der Waals surface area contributed by atoms with Gasteiger partial charge in [0.15, 0.2) is 0 Å². The lowest BCUT2D eigenvalue weighted by atomic mass is 9.85. The Morgan fingerprint density at radius 3 is 1.14 bits per heavy atom. The Morgan fingerprint density at radius 1 is 0.422 bits per heavy atom. The van der Waals surface area contributed by atoms with Crippen LogP contribution in [0.2, 0.25) is 0 Å². The molecule has 310 valence electrons. The number of rotatable bonds is 10. The van der Waals surface area contributed by atoms with Crippen LogP contribution < -0.4 is 18.1 Å². The van der Waals surface area contributed by atoms with Crippen molar-refractivity contribution in [1.29, 1.82) is 21.0 Å². The fraction of sp³-hybridized carbons (Fsp3) is 0.148. The molecule has 0 amide bonds. The minimum absolute atomic E-state index is 0.141. The van der Waals surface area contributed by atoms with Crippen LogP contribution in [0.15, 0.2) is 97.1 Å². The number of aryl methyl sites for hydroxylation is 4. The standard InChI is InChI=1S/C54H38N4S6/c1-5-31-11-9-12-32(6-2)49(31)51-41-25-47(45-21-17-39(61-45)23-37-15-19-43(59-37)35(27-55)28-56)64-54(41)52(50-33(7-3)13-10-14-34(50)8-4)42-26-48(63-53(42)51)46-22-18-40(62-46)24-38-16-20-44(60-38)36(29-57)30-58/h9-26H,5-8H2,1-4H3/b37-23-,38-24-. The van der Waals surface area contributed by atoms with Crippen molar-refractivity contribution in [3.05, 3.63) is 147 Å². The highest BCUT2D eigenvalue weighted by atomic mass is 32.1. The zero-order valence-electron chi connectivity index (χ0n) is 35.5. The molecule has 10 heteroatoms. The van der Waals surface area contributed by atoms with Crippen LogP contribution in [-0.4, -0.2) is 0 Å². The molecule has 0 atom stereocenters. The topological polar surface area (TPSA) is 95.2 Å². The Labute approximate surface area is 396 Å². The molecule has 0 N–H and O–H groups in total. The van der Waals surface area contributed by atoms with Crippen LogP contribution >= 0.6 is 68.0 Å². The molecule has 0 saturated heterocycles. The Morgan fingerprint density at radius 2 is 0.797 bits per heavy atom. The third-order valence-corrected chi connectivity index (χ3v) is 18.3. The lowest BCUT2D eigenvalue weighted by molar-refractivity contribution is 1.09. The van der Waals surface area contributed by atoms with Crippen LogP contribution in [-0.2, 0) is 25.7 Å². The van der Waals surface area contributed by atoms with Crippen molar-refractivity contribution in [2.75, 3.05) is 0 Å². The van der Waals surface area contributed by atoms with Crippen molar-refractivity contribution in [2.45, 2.75) is 53.4 Å². The molecule has 0 aliphatic carbocycles. The Bertz CT molecular complexity index is 3360. The summed E-state index contributed by atoms with van der Waals surface area (Å²) in [6, 6.07) is 43.2. The first-order chi connectivity index (χ1) is 31.3. The van der Waals surface area contributed by atoms with Gasteiger partial charge in [0.25, 0.3) is 0 Å². The monoisotopic (exact) mass is 934 g/mol. The molecule has 64 heavy (non-hydrogen) atoms. The summed E-state index contributed by atoms with van der Waals surface area (Å²) in [5.41, 5.74) is 11.1. The molecule has 6 aromatic heterocycles. The summed E-state index contributed by atoms with van der Waals surface area (Å²) in [5.74, 6) is 0. The van der Waals surface area contributed by atoms with Crippen LogP contribution in [0.1, 0.15) is 59.7 Å². The van der Waals surface area contributed by atoms with Crippen molar-refractivity contribution in [2.24, 2.45) is 0 Å². The van der Waals surface area contributed by atoms with Crippen molar-refractivity contribution in [3.63, 3.8) is 0 Å². The number of hydrogen-bond acceptors (Lipinski definition) is 10. The van der Waals surface area contributed by atoms with Gasteiger partial charge in [-0.1, -0.05) is 64.1 Å². The maximum atomic E-state index is 9.43. The van der Waals surface area contributed by atoms with E-state index in [1.54, 1.807) is 22.7 Å². The molecule has 9 rings (SSSR count). The van der Waals surface area contributed by atoms with E-state index >= 15 is 0 Å². The van der Waals surface area contributed by atoms with Gasteiger partial charge >= 0.3 is 0 Å². The maximum Gasteiger partial charge on any atom is 0.146 e. The molecule has 0 spiro atoms. The minimum Gasteiger partial charge on any atom is -0.192 e. The molecule has 0 unspecified atom stereocenters. The second-order valence-corrected chi connectivity index (χ2v) is 21.6. The highest BCUT2D eigenvalue weighted by molar-refractivity contribution is 7.28. The predicted octanol–water partition coefficient (Wildman–Crippen LogP) is 13.3. The lowest BCUT2D eigenvalue weighted by Gasteiger charge is -2.20. The lowest BCUT2D eigenvalue weighted by Crippen LogP contribution is -1.98. The fourth-order valence-electron chi connectivity index (χ4n) is 8.44. The van der Waals surface area contributed by atoms with Crippen molar-refractivity contribution >= 4 is 111 Å². The third-order valence-electron chi connectivity index (χ3n) is 11.5. The Kier molecular flexibility index (Phi) is 12.5. The molecule has 0 saturated carbocycles. The van der Waals surface area contributed by atoms with Crippen LogP contribution in [0.25, 0.3) is 85.2 Å². The van der Waals surface area contributed by atoms with Crippen LogP contribution in [0, 0.1) is 45.3 Å². The number of nitrogens with zero attached hydrogens (tertiary/aromatic N) is 4. The predicted molar refractivity (Wildman–Crippen MR) is 276 cm³/mol. The van der Waals surface area contributed by atoms with E-state index in [0.717, 1.165) is 44.5 Å². The van der Waals surface area contributed by atoms with Gasteiger partial charge in [-0.2, -0.15) is 21.0 Å². The summed E-state index contributed by atoms with van der Waals surface area (Å²) < 4.78 is 6.02. The van der Waals surface area contributed by atoms with E-state index in [2.05, 4.69) is 113 Å². The second-order valence-electron chi connectivity index (χ2n) is 15.1. The quantitative estimate of drug-likeness (QED) is 0.136. The molecule has 0 aliphatic heterocycles. The molecule has 3 aromatic carbocycles. The number of hydrogen-bond donors (Lipinski definition) is 0. The zero-order valence-corrected chi connectivity index (χ0v) is 40.4. The minimum atomic E-state index is 0.141. The molecule has 4 nitrogen and oxygen atoms in total. The summed E-state index contributed by atoms with van der Waals surface area (Å²) in [6.07, 6.45) is 8.00. The van der Waals surface area contributed by atoms with E-state index in [1.807, 2.05) is 71.2 Å². The van der Waals surface area contributed by atoms with E-state index in [-0.39, 0.29) is 11.1 Å². The van der Waals surface area contributed by atoms with Gasteiger partial charge < -0.3 is 0 Å².